The molecule has 86 valence electrons. The fraction of sp³-hybridized carbons (Fsp3) is 0.889. The van der Waals surface area contributed by atoms with Gasteiger partial charge in [-0.1, -0.05) is 27.7 Å². The van der Waals surface area contributed by atoms with Crippen molar-refractivity contribution in [3.63, 3.8) is 0 Å². The van der Waals surface area contributed by atoms with Crippen LogP contribution in [0.25, 0.3) is 0 Å². The van der Waals surface area contributed by atoms with Gasteiger partial charge in [0.1, 0.15) is 23.3 Å². The number of rotatable bonds is 3. The van der Waals surface area contributed by atoms with Gasteiger partial charge in [0.2, 0.25) is 0 Å². The minimum Gasteiger partial charge on any atom is -0.356 e. The zero-order chi connectivity index (χ0) is 10.7. The first-order valence-electron chi connectivity index (χ1n) is 5.16. The van der Waals surface area contributed by atoms with Crippen LogP contribution in [0.4, 0.5) is 0 Å². The van der Waals surface area contributed by atoms with Gasteiger partial charge in [0.15, 0.2) is 0 Å². The van der Waals surface area contributed by atoms with Crippen LogP contribution < -0.4 is 10.6 Å². The van der Waals surface area contributed by atoms with Crippen LogP contribution in [-0.4, -0.2) is 41.2 Å². The summed E-state index contributed by atoms with van der Waals surface area (Å²) in [7, 11) is 0. The number of alkyl halides is 1. The van der Waals surface area contributed by atoms with Gasteiger partial charge in [-0.15, -0.1) is 0 Å². The maximum Gasteiger partial charge on any atom is 0.148 e. The molecule has 2 aliphatic heterocycles. The summed E-state index contributed by atoms with van der Waals surface area (Å²) in [5, 5.41) is 6.72. The molecule has 0 amide bonds. The van der Waals surface area contributed by atoms with Crippen molar-refractivity contribution in [3.05, 3.63) is 0 Å². The summed E-state index contributed by atoms with van der Waals surface area (Å²) < 4.78 is 5.59. The van der Waals surface area contributed by atoms with Gasteiger partial charge < -0.3 is 9.53 Å². The maximum atomic E-state index is 10.6. The van der Waals surface area contributed by atoms with Crippen LogP contribution in [-0.2, 0) is 9.53 Å². The van der Waals surface area contributed by atoms with E-state index in [0.29, 0.717) is 0 Å². The lowest BCUT2D eigenvalue weighted by atomic mass is 10.3. The number of nitrogens with one attached hydrogen (secondary N) is 2. The van der Waals surface area contributed by atoms with E-state index in [1.807, 2.05) is 0 Å². The summed E-state index contributed by atoms with van der Waals surface area (Å²) in [4.78, 5) is 10.9. The predicted octanol–water partition coefficient (Wildman–Crippen LogP) is 0.663. The maximum absolute atomic E-state index is 10.6. The smallest absolute Gasteiger partial charge is 0.148 e. The number of halogens is 1. The van der Waals surface area contributed by atoms with Crippen molar-refractivity contribution < 1.29 is 9.53 Å². The van der Waals surface area contributed by atoms with Gasteiger partial charge in [-0.25, -0.2) is 0 Å². The lowest BCUT2D eigenvalue weighted by molar-refractivity contribution is -0.115. The third kappa shape index (κ3) is 3.17. The molecular weight excluding hydrogens is 280 g/mol. The van der Waals surface area contributed by atoms with E-state index >= 15 is 0 Å². The Bertz CT molecular complexity index is 226. The molecule has 6 heteroatoms. The highest BCUT2D eigenvalue weighted by Crippen LogP contribution is 2.34. The lowest BCUT2D eigenvalue weighted by Gasteiger charge is -2.27. The van der Waals surface area contributed by atoms with Crippen LogP contribution in [0.5, 0.6) is 0 Å². The molecule has 0 aromatic rings. The van der Waals surface area contributed by atoms with Crippen molar-refractivity contribution in [3.8, 4) is 0 Å². The lowest BCUT2D eigenvalue weighted by Crippen LogP contribution is -2.47. The van der Waals surface area contributed by atoms with Crippen molar-refractivity contribution in [2.45, 2.75) is 34.7 Å². The predicted molar refractivity (Wildman–Crippen MR) is 64.1 cm³/mol. The van der Waals surface area contributed by atoms with Gasteiger partial charge in [-0.2, -0.15) is 0 Å². The van der Waals surface area contributed by atoms with E-state index in [4.69, 9.17) is 4.74 Å². The van der Waals surface area contributed by atoms with Gasteiger partial charge in [0.05, 0.1) is 4.83 Å². The molecule has 2 saturated heterocycles. The van der Waals surface area contributed by atoms with E-state index < -0.39 is 0 Å². The molecule has 0 bridgehead atoms. The molecule has 4 nitrogen and oxygen atoms in total. The first-order chi connectivity index (χ1) is 7.29. The Morgan fingerprint density at radius 1 is 1.40 bits per heavy atom. The zero-order valence-corrected chi connectivity index (χ0v) is 10.7. The normalized spacial score (nSPS) is 38.1. The number of hydrogen-bond donors (Lipinski definition) is 2. The largest absolute Gasteiger partial charge is 0.356 e. The number of carbonyl (C=O) groups excluding carboxylic acids is 1. The van der Waals surface area contributed by atoms with Crippen LogP contribution in [0.2, 0.25) is 0 Å². The van der Waals surface area contributed by atoms with Gasteiger partial charge in [-0.3, -0.25) is 10.6 Å². The van der Waals surface area contributed by atoms with E-state index in [0.717, 1.165) is 32.2 Å². The number of carbonyl (C=O) groups is 1. The highest BCUT2D eigenvalue weighted by Gasteiger charge is 2.35. The Morgan fingerprint density at radius 2 is 2.13 bits per heavy atom. The Balaban J connectivity index is 1.80. The van der Waals surface area contributed by atoms with E-state index in [1.165, 1.54) is 0 Å². The third-order valence-corrected chi connectivity index (χ3v) is 5.01. The summed E-state index contributed by atoms with van der Waals surface area (Å²) in [5.41, 5.74) is 0.303. The minimum absolute atomic E-state index is 0.0586. The fourth-order valence-corrected chi connectivity index (χ4v) is 3.76. The first kappa shape index (κ1) is 11.9. The van der Waals surface area contributed by atoms with E-state index in [-0.39, 0.29) is 21.9 Å². The molecule has 2 fully saturated rings. The molecule has 0 aliphatic carbocycles. The van der Waals surface area contributed by atoms with Crippen molar-refractivity contribution in [2.24, 2.45) is 0 Å². The van der Waals surface area contributed by atoms with E-state index in [1.54, 1.807) is 11.8 Å². The zero-order valence-electron chi connectivity index (χ0n) is 8.32. The average molecular weight is 295 g/mol. The average Bonchev–Trinajstić information content (AvgIpc) is 2.61. The molecule has 2 rings (SSSR count). The molecule has 0 aromatic carbocycles. The summed E-state index contributed by atoms with van der Waals surface area (Å²) in [5.74, 6) is 0. The second kappa shape index (κ2) is 5.63. The van der Waals surface area contributed by atoms with Crippen LogP contribution in [0.1, 0.15) is 12.8 Å². The summed E-state index contributed by atoms with van der Waals surface area (Å²) in [6, 6.07) is 0. The number of thioether (sulfide) groups is 1. The summed E-state index contributed by atoms with van der Waals surface area (Å²) >= 11 is 5.26. The Labute approximate surface area is 102 Å². The molecule has 0 saturated carbocycles. The standard InChI is InChI=1S/C9H15BrN2O2S/c10-7-4-6(5-13)14-8(7)15-9-11-2-1-3-12-9/h5-9,11-12H,1-4H2. The Morgan fingerprint density at radius 3 is 2.73 bits per heavy atom. The quantitative estimate of drug-likeness (QED) is 0.592. The summed E-state index contributed by atoms with van der Waals surface area (Å²) in [6.07, 6.45) is 2.58. The highest BCUT2D eigenvalue weighted by atomic mass is 79.9. The van der Waals surface area contributed by atoms with Gasteiger partial charge in [-0.05, 0) is 25.9 Å². The molecule has 15 heavy (non-hydrogen) atoms. The first-order valence-corrected chi connectivity index (χ1v) is 7.02. The molecule has 0 radical (unpaired) electrons. The fourth-order valence-electron chi connectivity index (χ4n) is 1.71. The molecule has 2 heterocycles. The number of ether oxygens (including phenoxy) is 1. The van der Waals surface area contributed by atoms with Crippen molar-refractivity contribution in [2.75, 3.05) is 13.1 Å². The van der Waals surface area contributed by atoms with E-state index in [9.17, 15) is 4.79 Å². The Kier molecular flexibility index (Phi) is 4.45. The molecular formula is C9H15BrN2O2S. The van der Waals surface area contributed by atoms with Crippen LogP contribution in [0.3, 0.4) is 0 Å². The summed E-state index contributed by atoms with van der Waals surface area (Å²) in [6.45, 7) is 2.09. The van der Waals surface area contributed by atoms with Gasteiger partial charge >= 0.3 is 0 Å². The van der Waals surface area contributed by atoms with Crippen molar-refractivity contribution >= 4 is 34.0 Å². The van der Waals surface area contributed by atoms with Gasteiger partial charge in [0.25, 0.3) is 0 Å². The second-order valence-corrected chi connectivity index (χ2v) is 6.09. The minimum atomic E-state index is -0.240. The topological polar surface area (TPSA) is 50.4 Å². The van der Waals surface area contributed by atoms with Crippen LogP contribution in [0.15, 0.2) is 0 Å². The molecule has 0 aromatic heterocycles. The van der Waals surface area contributed by atoms with Crippen LogP contribution >= 0.6 is 27.7 Å². The van der Waals surface area contributed by atoms with E-state index in [2.05, 4.69) is 26.6 Å². The Hall–Kier alpha value is 0.380. The third-order valence-electron chi connectivity index (χ3n) is 2.50. The molecule has 3 unspecified atom stereocenters. The molecule has 2 aliphatic rings. The molecule has 0 spiro atoms. The molecule has 2 N–H and O–H groups in total. The highest BCUT2D eigenvalue weighted by molar-refractivity contribution is 9.09. The van der Waals surface area contributed by atoms with Crippen molar-refractivity contribution in [1.29, 1.82) is 0 Å². The number of aldehydes is 1. The monoisotopic (exact) mass is 294 g/mol. The molecule has 3 atom stereocenters. The number of hydrogen-bond acceptors (Lipinski definition) is 5. The van der Waals surface area contributed by atoms with Crippen molar-refractivity contribution in [1.82, 2.24) is 10.6 Å². The second-order valence-electron chi connectivity index (χ2n) is 3.71. The SMILES string of the molecule is O=CC1CC(Br)C(SC2NCCCN2)O1. The van der Waals surface area contributed by atoms with Gasteiger partial charge in [0, 0.05) is 0 Å². The van der Waals surface area contributed by atoms with Crippen LogP contribution in [0, 0.1) is 0 Å².